The van der Waals surface area contributed by atoms with Crippen LogP contribution >= 0.6 is 11.3 Å². The number of benzene rings is 1. The lowest BCUT2D eigenvalue weighted by molar-refractivity contribution is -0.137. The van der Waals surface area contributed by atoms with E-state index in [1.165, 1.54) is 29.7 Å². The van der Waals surface area contributed by atoms with Gasteiger partial charge in [-0.1, -0.05) is 0 Å². The molecule has 0 saturated heterocycles. The fourth-order valence-corrected chi connectivity index (χ4v) is 3.10. The van der Waals surface area contributed by atoms with Crippen LogP contribution in [0.25, 0.3) is 0 Å². The Morgan fingerprint density at radius 2 is 1.78 bits per heavy atom. The number of rotatable bonds is 5. The van der Waals surface area contributed by atoms with Crippen molar-refractivity contribution in [2.75, 3.05) is 5.32 Å². The van der Waals surface area contributed by atoms with Crippen LogP contribution in [-0.2, 0) is 12.7 Å². The number of amides is 2. The molecule has 0 bridgehead atoms. The Morgan fingerprint density at radius 1 is 1.04 bits per heavy atom. The largest absolute Gasteiger partial charge is 0.461 e. The molecular formula is C18H13F3N2O3S. The van der Waals surface area contributed by atoms with Gasteiger partial charge in [0.25, 0.3) is 0 Å². The lowest BCUT2D eigenvalue weighted by Gasteiger charge is -2.09. The zero-order chi connectivity index (χ0) is 19.4. The van der Waals surface area contributed by atoms with E-state index in [-0.39, 0.29) is 23.8 Å². The molecule has 0 aliphatic heterocycles. The Hall–Kier alpha value is -3.07. The van der Waals surface area contributed by atoms with E-state index < -0.39 is 17.8 Å². The number of carbonyl (C=O) groups excluding carboxylic acids is 2. The fraction of sp³-hybridized carbons (Fsp3) is 0.111. The van der Waals surface area contributed by atoms with Crippen LogP contribution < -0.4 is 10.6 Å². The van der Waals surface area contributed by atoms with Gasteiger partial charge in [0.15, 0.2) is 5.76 Å². The van der Waals surface area contributed by atoms with Crippen molar-refractivity contribution >= 4 is 28.8 Å². The van der Waals surface area contributed by atoms with E-state index in [0.29, 0.717) is 4.88 Å². The summed E-state index contributed by atoms with van der Waals surface area (Å²) in [6.07, 6.45) is -3.01. The molecule has 0 saturated carbocycles. The first kappa shape index (κ1) is 18.7. The summed E-state index contributed by atoms with van der Waals surface area (Å²) in [5.41, 5.74) is -0.554. The van der Waals surface area contributed by atoms with Crippen molar-refractivity contribution in [3.63, 3.8) is 0 Å². The molecule has 0 unspecified atom stereocenters. The van der Waals surface area contributed by atoms with Crippen molar-refractivity contribution in [1.29, 1.82) is 0 Å². The summed E-state index contributed by atoms with van der Waals surface area (Å²) in [6, 6.07) is 10.1. The van der Waals surface area contributed by atoms with E-state index in [0.717, 1.165) is 17.0 Å². The molecular weight excluding hydrogens is 381 g/mol. The maximum atomic E-state index is 12.5. The monoisotopic (exact) mass is 394 g/mol. The van der Waals surface area contributed by atoms with Crippen molar-refractivity contribution in [2.24, 2.45) is 0 Å². The van der Waals surface area contributed by atoms with Gasteiger partial charge >= 0.3 is 12.2 Å². The minimum atomic E-state index is -4.43. The summed E-state index contributed by atoms with van der Waals surface area (Å²) in [6.45, 7) is 0.169. The first-order chi connectivity index (χ1) is 12.8. The maximum Gasteiger partial charge on any atom is 0.416 e. The quantitative estimate of drug-likeness (QED) is 0.604. The normalized spacial score (nSPS) is 11.2. The molecule has 0 aliphatic carbocycles. The Kier molecular flexibility index (Phi) is 5.31. The zero-order valence-corrected chi connectivity index (χ0v) is 14.5. The van der Waals surface area contributed by atoms with Gasteiger partial charge in [-0.25, -0.2) is 4.79 Å². The van der Waals surface area contributed by atoms with Gasteiger partial charge < -0.3 is 15.1 Å². The average molecular weight is 394 g/mol. The lowest BCUT2D eigenvalue weighted by Crippen LogP contribution is -2.27. The molecule has 0 spiro atoms. The molecule has 5 nitrogen and oxygen atoms in total. The zero-order valence-electron chi connectivity index (χ0n) is 13.7. The molecule has 2 N–H and O–H groups in total. The number of anilines is 1. The number of hydrogen-bond donors (Lipinski definition) is 2. The van der Waals surface area contributed by atoms with Gasteiger partial charge in [-0.05, 0) is 48.5 Å². The number of furan rings is 1. The molecule has 0 atom stereocenters. The molecule has 2 heterocycles. The van der Waals surface area contributed by atoms with Crippen molar-refractivity contribution in [2.45, 2.75) is 12.7 Å². The topological polar surface area (TPSA) is 71.3 Å². The Labute approximate surface area is 155 Å². The molecule has 27 heavy (non-hydrogen) atoms. The van der Waals surface area contributed by atoms with Gasteiger partial charge in [0, 0.05) is 10.6 Å². The summed E-state index contributed by atoms with van der Waals surface area (Å²) in [5.74, 6) is -0.0122. The Balaban J connectivity index is 1.53. The summed E-state index contributed by atoms with van der Waals surface area (Å²) < 4.78 is 42.6. The first-order valence-electron chi connectivity index (χ1n) is 7.72. The van der Waals surface area contributed by atoms with Crippen LogP contribution in [0.5, 0.6) is 0 Å². The van der Waals surface area contributed by atoms with E-state index in [9.17, 15) is 22.8 Å². The van der Waals surface area contributed by atoms with Crippen LogP contribution in [0.3, 0.4) is 0 Å². The molecule has 2 aromatic heterocycles. The second kappa shape index (κ2) is 7.67. The highest BCUT2D eigenvalue weighted by Gasteiger charge is 2.29. The third kappa shape index (κ3) is 4.76. The average Bonchev–Trinajstić information content (AvgIpc) is 3.31. The molecule has 0 radical (unpaired) electrons. The van der Waals surface area contributed by atoms with Crippen LogP contribution in [0.2, 0.25) is 0 Å². The summed E-state index contributed by atoms with van der Waals surface area (Å²) in [7, 11) is 0. The number of halogens is 3. The van der Waals surface area contributed by atoms with Gasteiger partial charge in [0.05, 0.1) is 23.2 Å². The number of ketones is 1. The molecule has 0 fully saturated rings. The molecule has 2 amide bonds. The summed E-state index contributed by atoms with van der Waals surface area (Å²) in [5, 5.41) is 5.03. The number of nitrogens with one attached hydrogen (secondary N) is 2. The van der Waals surface area contributed by atoms with E-state index in [1.807, 2.05) is 0 Å². The summed E-state index contributed by atoms with van der Waals surface area (Å²) >= 11 is 1.22. The minimum Gasteiger partial charge on any atom is -0.461 e. The van der Waals surface area contributed by atoms with Crippen LogP contribution in [0, 0.1) is 0 Å². The smallest absolute Gasteiger partial charge is 0.416 e. The predicted octanol–water partition coefficient (Wildman–Crippen LogP) is 4.91. The molecule has 140 valence electrons. The van der Waals surface area contributed by atoms with E-state index in [1.54, 1.807) is 24.3 Å². The standard InChI is InChI=1S/C18H13F3N2O3S/c19-18(20,21)11-3-5-12(6-4-11)23-17(25)22-10-13-7-8-15(27-13)16(24)14-2-1-9-26-14/h1-9H,10H2,(H2,22,23,25). The highest BCUT2D eigenvalue weighted by molar-refractivity contribution is 7.14. The molecule has 3 aromatic rings. The number of urea groups is 1. The number of carbonyl (C=O) groups is 2. The second-order valence-electron chi connectivity index (χ2n) is 5.46. The highest BCUT2D eigenvalue weighted by atomic mass is 32.1. The fourth-order valence-electron chi connectivity index (χ4n) is 2.21. The van der Waals surface area contributed by atoms with Gasteiger partial charge in [0.1, 0.15) is 0 Å². The van der Waals surface area contributed by atoms with Crippen LogP contribution in [-0.4, -0.2) is 11.8 Å². The van der Waals surface area contributed by atoms with Crippen LogP contribution in [0.4, 0.5) is 23.7 Å². The third-order valence-electron chi connectivity index (χ3n) is 3.52. The molecule has 1 aromatic carbocycles. The Bertz CT molecular complexity index is 932. The van der Waals surface area contributed by atoms with E-state index in [2.05, 4.69) is 10.6 Å². The van der Waals surface area contributed by atoms with Gasteiger partial charge in [-0.3, -0.25) is 4.79 Å². The van der Waals surface area contributed by atoms with Gasteiger partial charge in [-0.2, -0.15) is 13.2 Å². The van der Waals surface area contributed by atoms with Crippen molar-refractivity contribution in [3.8, 4) is 0 Å². The van der Waals surface area contributed by atoms with Crippen molar-refractivity contribution in [3.05, 3.63) is 75.9 Å². The third-order valence-corrected chi connectivity index (χ3v) is 4.61. The number of alkyl halides is 3. The predicted molar refractivity (Wildman–Crippen MR) is 93.8 cm³/mol. The summed E-state index contributed by atoms with van der Waals surface area (Å²) in [4.78, 5) is 25.2. The number of hydrogen-bond acceptors (Lipinski definition) is 4. The minimum absolute atomic E-state index is 0.169. The second-order valence-corrected chi connectivity index (χ2v) is 6.62. The Morgan fingerprint density at radius 3 is 2.41 bits per heavy atom. The van der Waals surface area contributed by atoms with Crippen molar-refractivity contribution in [1.82, 2.24) is 5.32 Å². The maximum absolute atomic E-state index is 12.5. The molecule has 0 aliphatic rings. The molecule has 9 heteroatoms. The van der Waals surface area contributed by atoms with Crippen LogP contribution in [0.15, 0.2) is 59.2 Å². The first-order valence-corrected chi connectivity index (χ1v) is 8.53. The lowest BCUT2D eigenvalue weighted by atomic mass is 10.2. The van der Waals surface area contributed by atoms with E-state index >= 15 is 0 Å². The van der Waals surface area contributed by atoms with E-state index in [4.69, 9.17) is 4.42 Å². The molecule has 3 rings (SSSR count). The van der Waals surface area contributed by atoms with Gasteiger partial charge in [0.2, 0.25) is 5.78 Å². The van der Waals surface area contributed by atoms with Gasteiger partial charge in [-0.15, -0.1) is 11.3 Å². The number of thiophene rings is 1. The van der Waals surface area contributed by atoms with Crippen LogP contribution in [0.1, 0.15) is 25.9 Å². The SMILES string of the molecule is O=C(NCc1ccc(C(=O)c2ccco2)s1)Nc1ccc(C(F)(F)F)cc1. The van der Waals surface area contributed by atoms with Crippen molar-refractivity contribution < 1.29 is 27.2 Å². The highest BCUT2D eigenvalue weighted by Crippen LogP contribution is 2.29.